The van der Waals surface area contributed by atoms with Crippen molar-refractivity contribution >= 4 is 23.3 Å². The van der Waals surface area contributed by atoms with E-state index in [9.17, 15) is 4.79 Å². The quantitative estimate of drug-likeness (QED) is 0.795. The van der Waals surface area contributed by atoms with Crippen molar-refractivity contribution in [3.05, 3.63) is 29.3 Å². The highest BCUT2D eigenvalue weighted by Crippen LogP contribution is 2.14. The Bertz CT molecular complexity index is 315. The molecule has 1 aromatic rings. The largest absolute Gasteiger partial charge is 0.338 e. The third kappa shape index (κ3) is 3.66. The van der Waals surface area contributed by atoms with Crippen LogP contribution in [-0.4, -0.2) is 12.6 Å². The average molecular weight is 213 g/mol. The number of hydrogen-bond acceptors (Lipinski definition) is 1. The molecule has 1 rings (SSSR count). The second-order valence-corrected chi connectivity index (χ2v) is 3.33. The molecule has 0 aromatic heterocycles. The van der Waals surface area contributed by atoms with Gasteiger partial charge in [0.15, 0.2) is 0 Å². The highest BCUT2D eigenvalue weighted by atomic mass is 35.5. The Kier molecular flexibility index (Phi) is 4.26. The summed E-state index contributed by atoms with van der Waals surface area (Å²) >= 11 is 5.76. The first-order valence-electron chi connectivity index (χ1n) is 4.53. The fourth-order valence-electron chi connectivity index (χ4n) is 0.980. The van der Waals surface area contributed by atoms with Gasteiger partial charge in [-0.2, -0.15) is 0 Å². The van der Waals surface area contributed by atoms with E-state index in [1.54, 1.807) is 24.3 Å². The van der Waals surface area contributed by atoms with E-state index in [0.29, 0.717) is 17.3 Å². The molecule has 0 radical (unpaired) electrons. The van der Waals surface area contributed by atoms with Crippen molar-refractivity contribution in [1.82, 2.24) is 5.32 Å². The Hall–Kier alpha value is -1.22. The Morgan fingerprint density at radius 3 is 2.93 bits per heavy atom. The lowest BCUT2D eigenvalue weighted by Crippen LogP contribution is -2.29. The van der Waals surface area contributed by atoms with Crippen molar-refractivity contribution in [3.8, 4) is 0 Å². The SMILES string of the molecule is CCCNC(=O)Nc1cccc(Cl)c1. The highest BCUT2D eigenvalue weighted by Gasteiger charge is 1.99. The number of carbonyl (C=O) groups is 1. The number of hydrogen-bond donors (Lipinski definition) is 2. The van der Waals surface area contributed by atoms with Crippen LogP contribution in [0, 0.1) is 0 Å². The van der Waals surface area contributed by atoms with Gasteiger partial charge in [-0.3, -0.25) is 0 Å². The first kappa shape index (κ1) is 10.9. The molecule has 0 aliphatic carbocycles. The molecule has 0 aliphatic rings. The lowest BCUT2D eigenvalue weighted by atomic mass is 10.3. The van der Waals surface area contributed by atoms with E-state index in [1.165, 1.54) is 0 Å². The standard InChI is InChI=1S/C10H13ClN2O/c1-2-6-12-10(14)13-9-5-3-4-8(11)7-9/h3-5,7H,2,6H2,1H3,(H2,12,13,14). The van der Waals surface area contributed by atoms with Gasteiger partial charge >= 0.3 is 6.03 Å². The van der Waals surface area contributed by atoms with Gasteiger partial charge in [0.25, 0.3) is 0 Å². The van der Waals surface area contributed by atoms with E-state index in [4.69, 9.17) is 11.6 Å². The van der Waals surface area contributed by atoms with Crippen molar-refractivity contribution in [3.63, 3.8) is 0 Å². The molecule has 0 bridgehead atoms. The molecule has 2 amide bonds. The minimum atomic E-state index is -0.200. The van der Waals surface area contributed by atoms with Crippen molar-refractivity contribution in [2.45, 2.75) is 13.3 Å². The molecule has 4 heteroatoms. The molecular formula is C10H13ClN2O. The van der Waals surface area contributed by atoms with Gasteiger partial charge in [0.05, 0.1) is 0 Å². The summed E-state index contributed by atoms with van der Waals surface area (Å²) in [6.07, 6.45) is 0.920. The van der Waals surface area contributed by atoms with Gasteiger partial charge in [-0.05, 0) is 24.6 Å². The minimum Gasteiger partial charge on any atom is -0.338 e. The zero-order valence-electron chi connectivity index (χ0n) is 8.01. The second-order valence-electron chi connectivity index (χ2n) is 2.89. The maximum Gasteiger partial charge on any atom is 0.319 e. The maximum atomic E-state index is 11.2. The van der Waals surface area contributed by atoms with Gasteiger partial charge in [-0.1, -0.05) is 24.6 Å². The normalized spacial score (nSPS) is 9.57. The summed E-state index contributed by atoms with van der Waals surface area (Å²) in [6, 6.07) is 6.84. The fourth-order valence-corrected chi connectivity index (χ4v) is 1.17. The molecule has 0 aliphatic heterocycles. The number of urea groups is 1. The fraction of sp³-hybridized carbons (Fsp3) is 0.300. The average Bonchev–Trinajstić information content (AvgIpc) is 2.15. The Morgan fingerprint density at radius 1 is 1.50 bits per heavy atom. The number of halogens is 1. The van der Waals surface area contributed by atoms with Crippen molar-refractivity contribution in [2.75, 3.05) is 11.9 Å². The van der Waals surface area contributed by atoms with Crippen LogP contribution in [0.3, 0.4) is 0 Å². The molecule has 76 valence electrons. The van der Waals surface area contributed by atoms with Gasteiger partial charge in [-0.25, -0.2) is 4.79 Å². The van der Waals surface area contributed by atoms with Crippen LogP contribution >= 0.6 is 11.6 Å². The van der Waals surface area contributed by atoms with Crippen molar-refractivity contribution in [1.29, 1.82) is 0 Å². The van der Waals surface area contributed by atoms with E-state index in [0.717, 1.165) is 6.42 Å². The predicted molar refractivity (Wildman–Crippen MR) is 58.8 cm³/mol. The first-order chi connectivity index (χ1) is 6.72. The molecule has 0 unspecified atom stereocenters. The number of carbonyl (C=O) groups excluding carboxylic acids is 1. The summed E-state index contributed by atoms with van der Waals surface area (Å²) in [5.74, 6) is 0. The molecule has 14 heavy (non-hydrogen) atoms. The van der Waals surface area contributed by atoms with Crippen LogP contribution < -0.4 is 10.6 Å². The van der Waals surface area contributed by atoms with Gasteiger partial charge in [0.1, 0.15) is 0 Å². The van der Waals surface area contributed by atoms with E-state index in [2.05, 4.69) is 10.6 Å². The summed E-state index contributed by atoms with van der Waals surface area (Å²) in [5, 5.41) is 6.00. The number of anilines is 1. The molecule has 0 spiro atoms. The van der Waals surface area contributed by atoms with Crippen molar-refractivity contribution < 1.29 is 4.79 Å². The number of nitrogens with one attached hydrogen (secondary N) is 2. The minimum absolute atomic E-state index is 0.200. The third-order valence-electron chi connectivity index (χ3n) is 1.62. The van der Waals surface area contributed by atoms with E-state index >= 15 is 0 Å². The molecule has 0 heterocycles. The molecule has 0 atom stereocenters. The molecular weight excluding hydrogens is 200 g/mol. The van der Waals surface area contributed by atoms with E-state index < -0.39 is 0 Å². The monoisotopic (exact) mass is 212 g/mol. The summed E-state index contributed by atoms with van der Waals surface area (Å²) in [5.41, 5.74) is 0.700. The Labute approximate surface area is 88.5 Å². The number of benzene rings is 1. The summed E-state index contributed by atoms with van der Waals surface area (Å²) in [7, 11) is 0. The van der Waals surface area contributed by atoms with Crippen LogP contribution in [0.5, 0.6) is 0 Å². The topological polar surface area (TPSA) is 41.1 Å². The highest BCUT2D eigenvalue weighted by molar-refractivity contribution is 6.30. The smallest absolute Gasteiger partial charge is 0.319 e. The Balaban J connectivity index is 2.47. The zero-order chi connectivity index (χ0) is 10.4. The van der Waals surface area contributed by atoms with E-state index in [1.807, 2.05) is 6.92 Å². The molecule has 2 N–H and O–H groups in total. The lowest BCUT2D eigenvalue weighted by molar-refractivity contribution is 0.252. The summed E-state index contributed by atoms with van der Waals surface area (Å²) < 4.78 is 0. The molecule has 0 fully saturated rings. The number of amides is 2. The summed E-state index contributed by atoms with van der Waals surface area (Å²) in [6.45, 7) is 2.67. The molecule has 0 saturated heterocycles. The predicted octanol–water partition coefficient (Wildman–Crippen LogP) is 2.87. The van der Waals surface area contributed by atoms with Gasteiger partial charge < -0.3 is 10.6 Å². The van der Waals surface area contributed by atoms with Crippen LogP contribution in [0.2, 0.25) is 5.02 Å². The molecule has 1 aromatic carbocycles. The first-order valence-corrected chi connectivity index (χ1v) is 4.90. The van der Waals surface area contributed by atoms with Crippen LogP contribution in [0.25, 0.3) is 0 Å². The van der Waals surface area contributed by atoms with Crippen LogP contribution in [0.15, 0.2) is 24.3 Å². The second kappa shape index (κ2) is 5.50. The Morgan fingerprint density at radius 2 is 2.29 bits per heavy atom. The lowest BCUT2D eigenvalue weighted by Gasteiger charge is -2.06. The van der Waals surface area contributed by atoms with Crippen molar-refractivity contribution in [2.24, 2.45) is 0 Å². The maximum absolute atomic E-state index is 11.2. The van der Waals surface area contributed by atoms with Crippen LogP contribution in [0.1, 0.15) is 13.3 Å². The zero-order valence-corrected chi connectivity index (χ0v) is 8.77. The molecule has 3 nitrogen and oxygen atoms in total. The molecule has 0 saturated carbocycles. The van der Waals surface area contributed by atoms with E-state index in [-0.39, 0.29) is 6.03 Å². The summed E-state index contributed by atoms with van der Waals surface area (Å²) in [4.78, 5) is 11.2. The van der Waals surface area contributed by atoms with Gasteiger partial charge in [0, 0.05) is 17.3 Å². The van der Waals surface area contributed by atoms with Crippen LogP contribution in [-0.2, 0) is 0 Å². The number of rotatable bonds is 3. The van der Waals surface area contributed by atoms with Gasteiger partial charge in [-0.15, -0.1) is 0 Å². The van der Waals surface area contributed by atoms with Gasteiger partial charge in [0.2, 0.25) is 0 Å². The third-order valence-corrected chi connectivity index (χ3v) is 1.85. The van der Waals surface area contributed by atoms with Crippen LogP contribution in [0.4, 0.5) is 10.5 Å².